The van der Waals surface area contributed by atoms with Gasteiger partial charge in [0.25, 0.3) is 5.69 Å². The van der Waals surface area contributed by atoms with Crippen molar-refractivity contribution in [1.82, 2.24) is 14.8 Å². The summed E-state index contributed by atoms with van der Waals surface area (Å²) in [5, 5.41) is 22.4. The minimum absolute atomic E-state index is 0.0792. The van der Waals surface area contributed by atoms with Gasteiger partial charge in [0.1, 0.15) is 12.4 Å². The summed E-state index contributed by atoms with van der Waals surface area (Å²) in [4.78, 5) is 22.6. The van der Waals surface area contributed by atoms with E-state index in [4.69, 9.17) is 4.74 Å². The van der Waals surface area contributed by atoms with Gasteiger partial charge in [-0.25, -0.2) is 0 Å². The number of carbonyl (C=O) groups is 1. The zero-order chi connectivity index (χ0) is 21.5. The average Bonchev–Trinajstić information content (AvgIpc) is 3.13. The molecule has 0 bridgehead atoms. The number of thioether (sulfide) groups is 1. The van der Waals surface area contributed by atoms with Crippen molar-refractivity contribution >= 4 is 29.0 Å². The number of hydrogen-bond donors (Lipinski definition) is 1. The highest BCUT2D eigenvalue weighted by molar-refractivity contribution is 7.99. The van der Waals surface area contributed by atoms with Crippen LogP contribution in [-0.2, 0) is 17.9 Å². The second-order valence-electron chi connectivity index (χ2n) is 6.39. The number of nitrogens with zero attached hydrogens (tertiary/aromatic N) is 4. The van der Waals surface area contributed by atoms with Crippen LogP contribution in [0.3, 0.4) is 0 Å². The molecule has 1 amide bonds. The van der Waals surface area contributed by atoms with E-state index in [0.717, 1.165) is 11.3 Å². The molecule has 0 fully saturated rings. The van der Waals surface area contributed by atoms with Gasteiger partial charge in [-0.3, -0.25) is 14.9 Å². The minimum atomic E-state index is -0.505. The van der Waals surface area contributed by atoms with Crippen molar-refractivity contribution in [3.63, 3.8) is 0 Å². The van der Waals surface area contributed by atoms with Crippen molar-refractivity contribution in [3.05, 3.63) is 70.0 Å². The highest BCUT2D eigenvalue weighted by Gasteiger charge is 2.14. The standard InChI is InChI=1S/C20H21N5O4S/c1-3-24-18(12-29-17-9-4-6-14(2)10-17)22-23-20(24)30-13-19(26)21-15-7-5-8-16(11-15)25(27)28/h4-11H,3,12-13H2,1-2H3,(H,21,26). The van der Waals surface area contributed by atoms with Crippen LogP contribution in [0.4, 0.5) is 11.4 Å². The quantitative estimate of drug-likeness (QED) is 0.314. The van der Waals surface area contributed by atoms with Crippen LogP contribution in [0.1, 0.15) is 18.3 Å². The molecule has 1 heterocycles. The average molecular weight is 427 g/mol. The summed E-state index contributed by atoms with van der Waals surface area (Å²) in [6, 6.07) is 13.6. The molecule has 1 N–H and O–H groups in total. The van der Waals surface area contributed by atoms with Gasteiger partial charge in [-0.2, -0.15) is 0 Å². The Morgan fingerprint density at radius 1 is 1.23 bits per heavy atom. The van der Waals surface area contributed by atoms with Gasteiger partial charge in [-0.05, 0) is 37.6 Å². The van der Waals surface area contributed by atoms with Gasteiger partial charge in [-0.15, -0.1) is 10.2 Å². The van der Waals surface area contributed by atoms with E-state index >= 15 is 0 Å². The smallest absolute Gasteiger partial charge is 0.271 e. The molecule has 0 saturated heterocycles. The summed E-state index contributed by atoms with van der Waals surface area (Å²) in [7, 11) is 0. The van der Waals surface area contributed by atoms with Crippen LogP contribution in [0, 0.1) is 17.0 Å². The molecule has 10 heteroatoms. The highest BCUT2D eigenvalue weighted by atomic mass is 32.2. The van der Waals surface area contributed by atoms with Crippen molar-refractivity contribution in [2.75, 3.05) is 11.1 Å². The summed E-state index contributed by atoms with van der Waals surface area (Å²) < 4.78 is 7.69. The van der Waals surface area contributed by atoms with Crippen LogP contribution in [0.5, 0.6) is 5.75 Å². The van der Waals surface area contributed by atoms with Crippen molar-refractivity contribution in [2.45, 2.75) is 32.2 Å². The lowest BCUT2D eigenvalue weighted by Gasteiger charge is -2.09. The number of nitrogens with one attached hydrogen (secondary N) is 1. The third-order valence-corrected chi connectivity index (χ3v) is 5.11. The Morgan fingerprint density at radius 2 is 2.03 bits per heavy atom. The molecule has 0 saturated carbocycles. The van der Waals surface area contributed by atoms with E-state index in [-0.39, 0.29) is 24.0 Å². The van der Waals surface area contributed by atoms with E-state index in [2.05, 4.69) is 15.5 Å². The number of ether oxygens (including phenoxy) is 1. The number of nitro benzene ring substituents is 1. The molecule has 3 aromatic rings. The van der Waals surface area contributed by atoms with Crippen LogP contribution in [0.15, 0.2) is 53.7 Å². The lowest BCUT2D eigenvalue weighted by atomic mass is 10.2. The first-order chi connectivity index (χ1) is 14.5. The Balaban J connectivity index is 1.58. The number of aromatic nitrogens is 3. The molecule has 0 unspecified atom stereocenters. The van der Waals surface area contributed by atoms with Gasteiger partial charge in [0.05, 0.1) is 10.7 Å². The molecule has 156 valence electrons. The summed E-state index contributed by atoms with van der Waals surface area (Å²) in [6.07, 6.45) is 0. The maximum absolute atomic E-state index is 12.2. The largest absolute Gasteiger partial charge is 0.486 e. The van der Waals surface area contributed by atoms with Crippen LogP contribution >= 0.6 is 11.8 Å². The Bertz CT molecular complexity index is 1050. The van der Waals surface area contributed by atoms with Gasteiger partial charge in [-0.1, -0.05) is 30.0 Å². The molecule has 3 rings (SSSR count). The molecule has 1 aromatic heterocycles. The number of aryl methyl sites for hydroxylation is 1. The molecule has 0 aliphatic carbocycles. The number of carbonyl (C=O) groups excluding carboxylic acids is 1. The topological polar surface area (TPSA) is 112 Å². The summed E-state index contributed by atoms with van der Waals surface area (Å²) in [5.41, 5.74) is 1.40. The summed E-state index contributed by atoms with van der Waals surface area (Å²) in [6.45, 7) is 4.86. The number of hydrogen-bond acceptors (Lipinski definition) is 7. The summed E-state index contributed by atoms with van der Waals surface area (Å²) >= 11 is 1.24. The predicted molar refractivity (Wildman–Crippen MR) is 114 cm³/mol. The fraction of sp³-hybridized carbons (Fsp3) is 0.250. The minimum Gasteiger partial charge on any atom is -0.486 e. The Kier molecular flexibility index (Phi) is 7.02. The van der Waals surface area contributed by atoms with E-state index in [1.807, 2.05) is 42.7 Å². The molecular weight excluding hydrogens is 406 g/mol. The zero-order valence-electron chi connectivity index (χ0n) is 16.6. The maximum atomic E-state index is 12.2. The van der Waals surface area contributed by atoms with E-state index in [1.54, 1.807) is 6.07 Å². The van der Waals surface area contributed by atoms with E-state index < -0.39 is 4.92 Å². The molecule has 0 radical (unpaired) electrons. The Morgan fingerprint density at radius 3 is 2.77 bits per heavy atom. The molecular formula is C20H21N5O4S. The number of benzene rings is 2. The Hall–Kier alpha value is -3.40. The molecule has 30 heavy (non-hydrogen) atoms. The SMILES string of the molecule is CCn1c(COc2cccc(C)c2)nnc1SCC(=O)Nc1cccc([N+](=O)[O-])c1. The maximum Gasteiger partial charge on any atom is 0.271 e. The molecule has 9 nitrogen and oxygen atoms in total. The zero-order valence-corrected chi connectivity index (χ0v) is 17.4. The number of rotatable bonds is 9. The van der Waals surface area contributed by atoms with Gasteiger partial charge >= 0.3 is 0 Å². The second-order valence-corrected chi connectivity index (χ2v) is 7.34. The number of nitro groups is 1. The number of amides is 1. The van der Waals surface area contributed by atoms with Gasteiger partial charge in [0.2, 0.25) is 5.91 Å². The van der Waals surface area contributed by atoms with Gasteiger partial charge < -0.3 is 14.6 Å². The third-order valence-electron chi connectivity index (χ3n) is 4.14. The Labute approximate surface area is 177 Å². The van der Waals surface area contributed by atoms with Crippen LogP contribution in [0.2, 0.25) is 0 Å². The molecule has 0 atom stereocenters. The van der Waals surface area contributed by atoms with Crippen LogP contribution in [0.25, 0.3) is 0 Å². The van der Waals surface area contributed by atoms with E-state index in [9.17, 15) is 14.9 Å². The van der Waals surface area contributed by atoms with Gasteiger partial charge in [0, 0.05) is 24.4 Å². The first-order valence-electron chi connectivity index (χ1n) is 9.25. The first-order valence-corrected chi connectivity index (χ1v) is 10.2. The van der Waals surface area contributed by atoms with Crippen molar-refractivity contribution in [3.8, 4) is 5.75 Å². The third kappa shape index (κ3) is 5.57. The molecule has 0 spiro atoms. The van der Waals surface area contributed by atoms with Crippen molar-refractivity contribution in [2.24, 2.45) is 0 Å². The molecule has 2 aromatic carbocycles. The van der Waals surface area contributed by atoms with Gasteiger partial charge in [0.15, 0.2) is 11.0 Å². The lowest BCUT2D eigenvalue weighted by molar-refractivity contribution is -0.384. The second kappa shape index (κ2) is 9.88. The summed E-state index contributed by atoms with van der Waals surface area (Å²) in [5.74, 6) is 1.23. The lowest BCUT2D eigenvalue weighted by Crippen LogP contribution is -2.15. The van der Waals surface area contributed by atoms with E-state index in [1.165, 1.54) is 30.0 Å². The predicted octanol–water partition coefficient (Wildman–Crippen LogP) is 3.82. The normalized spacial score (nSPS) is 10.6. The highest BCUT2D eigenvalue weighted by Crippen LogP contribution is 2.21. The fourth-order valence-electron chi connectivity index (χ4n) is 2.73. The van der Waals surface area contributed by atoms with Crippen molar-refractivity contribution < 1.29 is 14.5 Å². The van der Waals surface area contributed by atoms with Crippen molar-refractivity contribution in [1.29, 1.82) is 0 Å². The number of non-ortho nitro benzene ring substituents is 1. The van der Waals surface area contributed by atoms with Crippen LogP contribution < -0.4 is 10.1 Å². The monoisotopic (exact) mass is 427 g/mol. The van der Waals surface area contributed by atoms with E-state index in [0.29, 0.717) is 23.2 Å². The molecule has 0 aliphatic heterocycles. The molecule has 0 aliphatic rings. The fourth-order valence-corrected chi connectivity index (χ4v) is 3.55. The first kappa shape index (κ1) is 21.3. The number of anilines is 1. The van der Waals surface area contributed by atoms with Crippen LogP contribution in [-0.4, -0.2) is 31.3 Å².